The van der Waals surface area contributed by atoms with Crippen LogP contribution in [-0.4, -0.2) is 51.7 Å². The van der Waals surface area contributed by atoms with Gasteiger partial charge in [-0.15, -0.1) is 0 Å². The van der Waals surface area contributed by atoms with Gasteiger partial charge in [0, 0.05) is 36.7 Å². The molecular formula is C24H27ClF3N5O2. The molecule has 11 heteroatoms. The SMILES string of the molecule is CC(C)(C)OC(=O)N1C[C@@H]2C[C@H]1CN2c1ccc(Nc2ncc(C(F)(F)F)c(Cl)n2)c(C2CC2)c1. The number of fused-ring (bicyclic) bond motifs is 2. The van der Waals surface area contributed by atoms with Crippen molar-refractivity contribution in [2.45, 2.75) is 69.8 Å². The van der Waals surface area contributed by atoms with Gasteiger partial charge in [-0.25, -0.2) is 14.8 Å². The fourth-order valence-electron chi connectivity index (χ4n) is 4.83. The van der Waals surface area contributed by atoms with Crippen molar-refractivity contribution >= 4 is 35.0 Å². The summed E-state index contributed by atoms with van der Waals surface area (Å²) in [6, 6.07) is 6.35. The van der Waals surface area contributed by atoms with E-state index < -0.39 is 22.5 Å². The fraction of sp³-hybridized carbons (Fsp3) is 0.542. The molecule has 1 N–H and O–H groups in total. The minimum atomic E-state index is -4.61. The van der Waals surface area contributed by atoms with Crippen LogP contribution in [0.2, 0.25) is 5.15 Å². The van der Waals surface area contributed by atoms with Gasteiger partial charge in [-0.05, 0) is 69.7 Å². The van der Waals surface area contributed by atoms with E-state index in [1.807, 2.05) is 37.8 Å². The maximum absolute atomic E-state index is 13.0. The second-order valence-corrected chi connectivity index (χ2v) is 10.8. The van der Waals surface area contributed by atoms with Crippen molar-refractivity contribution in [2.75, 3.05) is 23.3 Å². The Kier molecular flexibility index (Phi) is 5.77. The molecule has 1 aromatic carbocycles. The molecule has 0 unspecified atom stereocenters. The third-order valence-corrected chi connectivity index (χ3v) is 6.83. The van der Waals surface area contributed by atoms with Crippen LogP contribution >= 0.6 is 11.6 Å². The Bertz CT molecular complexity index is 1150. The van der Waals surface area contributed by atoms with E-state index in [1.165, 1.54) is 0 Å². The first-order valence-electron chi connectivity index (χ1n) is 11.7. The van der Waals surface area contributed by atoms with Crippen LogP contribution in [0, 0.1) is 0 Å². The number of benzene rings is 1. The van der Waals surface area contributed by atoms with Gasteiger partial charge in [-0.1, -0.05) is 11.6 Å². The Morgan fingerprint density at radius 3 is 2.49 bits per heavy atom. The van der Waals surface area contributed by atoms with E-state index in [2.05, 4.69) is 26.3 Å². The van der Waals surface area contributed by atoms with Crippen molar-refractivity contribution < 1.29 is 22.7 Å². The first-order valence-corrected chi connectivity index (χ1v) is 12.0. The first kappa shape index (κ1) is 24.0. The standard InChI is InChI=1S/C24H27ClF3N5O2/c1-23(2,3)35-22(34)33-12-15-8-16(33)11-32(15)14-6-7-19(17(9-14)13-4-5-13)30-21-29-10-18(20(25)31-21)24(26,27)28/h6-7,9-10,13,15-16H,4-5,8,11-12H2,1-3H3,(H,29,30,31)/t15-,16-/m0/s1. The largest absolute Gasteiger partial charge is 0.444 e. The third-order valence-electron chi connectivity index (χ3n) is 6.55. The number of carbonyl (C=O) groups is 1. The van der Waals surface area contributed by atoms with Crippen molar-refractivity contribution in [2.24, 2.45) is 0 Å². The Morgan fingerprint density at radius 1 is 1.17 bits per heavy atom. The molecule has 1 aliphatic carbocycles. The molecule has 2 bridgehead atoms. The second-order valence-electron chi connectivity index (χ2n) is 10.4. The zero-order valence-corrected chi connectivity index (χ0v) is 20.5. The lowest BCUT2D eigenvalue weighted by Crippen LogP contribution is -2.50. The van der Waals surface area contributed by atoms with Gasteiger partial charge in [0.2, 0.25) is 5.95 Å². The molecule has 1 amide bonds. The Balaban J connectivity index is 1.32. The molecule has 1 aromatic heterocycles. The van der Waals surface area contributed by atoms with Crippen molar-refractivity contribution in [1.29, 1.82) is 0 Å². The van der Waals surface area contributed by atoms with Crippen LogP contribution < -0.4 is 10.2 Å². The molecule has 0 radical (unpaired) electrons. The molecule has 2 aromatic rings. The number of nitrogens with one attached hydrogen (secondary N) is 1. The number of ether oxygens (including phenoxy) is 1. The topological polar surface area (TPSA) is 70.6 Å². The molecule has 35 heavy (non-hydrogen) atoms. The zero-order valence-electron chi connectivity index (χ0n) is 19.7. The molecule has 7 nitrogen and oxygen atoms in total. The van der Waals surface area contributed by atoms with Gasteiger partial charge < -0.3 is 19.9 Å². The summed E-state index contributed by atoms with van der Waals surface area (Å²) in [5.74, 6) is 0.395. The average Bonchev–Trinajstić information content (AvgIpc) is 3.39. The van der Waals surface area contributed by atoms with Crippen LogP contribution in [0.5, 0.6) is 0 Å². The maximum atomic E-state index is 13.0. The summed E-state index contributed by atoms with van der Waals surface area (Å²) in [5.41, 5.74) is 1.31. The van der Waals surface area contributed by atoms with Crippen molar-refractivity contribution in [3.8, 4) is 0 Å². The van der Waals surface area contributed by atoms with Crippen LogP contribution in [0.15, 0.2) is 24.4 Å². The van der Waals surface area contributed by atoms with E-state index in [0.717, 1.165) is 42.7 Å². The van der Waals surface area contributed by atoms with Gasteiger partial charge in [-0.3, -0.25) is 0 Å². The molecule has 3 fully saturated rings. The summed E-state index contributed by atoms with van der Waals surface area (Å²) in [6.07, 6.45) is -1.19. The molecule has 188 valence electrons. The van der Waals surface area contributed by atoms with Crippen molar-refractivity contribution in [3.05, 3.63) is 40.7 Å². The normalized spacial score (nSPS) is 22.0. The van der Waals surface area contributed by atoms with Gasteiger partial charge in [0.25, 0.3) is 0 Å². The lowest BCUT2D eigenvalue weighted by molar-refractivity contribution is -0.137. The average molecular weight is 510 g/mol. The number of amides is 1. The maximum Gasteiger partial charge on any atom is 0.420 e. The van der Waals surface area contributed by atoms with Crippen LogP contribution in [0.3, 0.4) is 0 Å². The number of piperazine rings is 1. The van der Waals surface area contributed by atoms with Crippen molar-refractivity contribution in [1.82, 2.24) is 14.9 Å². The highest BCUT2D eigenvalue weighted by atomic mass is 35.5. The number of aromatic nitrogens is 2. The molecule has 5 rings (SSSR count). The number of anilines is 3. The Hall–Kier alpha value is -2.75. The second kappa shape index (κ2) is 8.43. The monoisotopic (exact) mass is 509 g/mol. The van der Waals surface area contributed by atoms with Gasteiger partial charge in [0.1, 0.15) is 16.3 Å². The molecule has 1 saturated carbocycles. The molecule has 3 heterocycles. The van der Waals surface area contributed by atoms with Gasteiger partial charge in [0.05, 0.1) is 6.04 Å². The zero-order chi connectivity index (χ0) is 25.1. The van der Waals surface area contributed by atoms with Crippen LogP contribution in [0.4, 0.5) is 35.3 Å². The van der Waals surface area contributed by atoms with Crippen LogP contribution in [0.1, 0.15) is 57.1 Å². The summed E-state index contributed by atoms with van der Waals surface area (Å²) >= 11 is 5.76. The summed E-state index contributed by atoms with van der Waals surface area (Å²) in [4.78, 5) is 24.3. The van der Waals surface area contributed by atoms with Crippen molar-refractivity contribution in [3.63, 3.8) is 0 Å². The predicted octanol–water partition coefficient (Wildman–Crippen LogP) is 5.97. The Labute approximate surface area is 206 Å². The van der Waals surface area contributed by atoms with Crippen LogP contribution in [0.25, 0.3) is 0 Å². The van der Waals surface area contributed by atoms with Gasteiger partial charge in [0.15, 0.2) is 0 Å². The van der Waals surface area contributed by atoms with Crippen LogP contribution in [-0.2, 0) is 10.9 Å². The lowest BCUT2D eigenvalue weighted by Gasteiger charge is -2.36. The molecule has 2 atom stereocenters. The van der Waals surface area contributed by atoms with E-state index in [0.29, 0.717) is 18.7 Å². The fourth-order valence-corrected chi connectivity index (χ4v) is 5.07. The molecule has 0 spiro atoms. The number of alkyl halides is 3. The highest BCUT2D eigenvalue weighted by Crippen LogP contribution is 2.46. The highest BCUT2D eigenvalue weighted by Gasteiger charge is 2.46. The molecule has 2 saturated heterocycles. The van der Waals surface area contributed by atoms with Gasteiger partial charge in [-0.2, -0.15) is 13.2 Å². The number of nitrogens with zero attached hydrogens (tertiary/aromatic N) is 4. The van der Waals surface area contributed by atoms with E-state index in [-0.39, 0.29) is 24.1 Å². The quantitative estimate of drug-likeness (QED) is 0.512. The number of hydrogen-bond donors (Lipinski definition) is 1. The van der Waals surface area contributed by atoms with E-state index in [9.17, 15) is 18.0 Å². The Morgan fingerprint density at radius 2 is 1.91 bits per heavy atom. The minimum absolute atomic E-state index is 0.0193. The smallest absolute Gasteiger partial charge is 0.420 e. The lowest BCUT2D eigenvalue weighted by atomic mass is 10.1. The summed E-state index contributed by atoms with van der Waals surface area (Å²) in [6.45, 7) is 6.95. The summed E-state index contributed by atoms with van der Waals surface area (Å²) in [5, 5.41) is 2.41. The molecule has 3 aliphatic rings. The molecular weight excluding hydrogens is 483 g/mol. The summed E-state index contributed by atoms with van der Waals surface area (Å²) in [7, 11) is 0. The number of halogens is 4. The first-order chi connectivity index (χ1) is 16.4. The number of rotatable bonds is 4. The van der Waals surface area contributed by atoms with E-state index in [4.69, 9.17) is 16.3 Å². The third kappa shape index (κ3) is 4.98. The number of carbonyl (C=O) groups excluding carboxylic acids is 1. The predicted molar refractivity (Wildman–Crippen MR) is 126 cm³/mol. The van der Waals surface area contributed by atoms with E-state index >= 15 is 0 Å². The van der Waals surface area contributed by atoms with E-state index in [1.54, 1.807) is 0 Å². The highest BCUT2D eigenvalue weighted by molar-refractivity contribution is 6.30. The number of hydrogen-bond acceptors (Lipinski definition) is 6. The number of likely N-dealkylation sites (tertiary alicyclic amines) is 1. The molecule has 2 aliphatic heterocycles. The summed E-state index contributed by atoms with van der Waals surface area (Å²) < 4.78 is 44.5. The van der Waals surface area contributed by atoms with Gasteiger partial charge >= 0.3 is 12.3 Å². The minimum Gasteiger partial charge on any atom is -0.444 e.